The summed E-state index contributed by atoms with van der Waals surface area (Å²) in [5.74, 6) is -1.13. The molecule has 0 spiro atoms. The Morgan fingerprint density at radius 2 is 2.03 bits per heavy atom. The van der Waals surface area contributed by atoms with Crippen LogP contribution in [0.1, 0.15) is 33.1 Å². The van der Waals surface area contributed by atoms with Crippen molar-refractivity contribution in [3.63, 3.8) is 0 Å². The van der Waals surface area contributed by atoms with Gasteiger partial charge in [0.15, 0.2) is 6.10 Å². The number of esters is 1. The Morgan fingerprint density at radius 1 is 1.34 bits per heavy atom. The lowest BCUT2D eigenvalue weighted by Crippen LogP contribution is -2.60. The van der Waals surface area contributed by atoms with E-state index in [1.165, 1.54) is 36.1 Å². The predicted octanol–water partition coefficient (Wildman–Crippen LogP) is 1.42. The Hall–Kier alpha value is -3.17. The average molecular weight is 407 g/mol. The molecule has 0 aromatic heterocycles. The van der Waals surface area contributed by atoms with Crippen LogP contribution in [-0.4, -0.2) is 59.4 Å². The summed E-state index contributed by atoms with van der Waals surface area (Å²) in [5.41, 5.74) is -0.0920. The minimum atomic E-state index is -0.965. The van der Waals surface area contributed by atoms with Crippen LogP contribution >= 0.6 is 0 Å². The Morgan fingerprint density at radius 3 is 2.66 bits per heavy atom. The third kappa shape index (κ3) is 6.16. The summed E-state index contributed by atoms with van der Waals surface area (Å²) in [5, 5.41) is 13.4. The number of nitro groups is 1. The molecular weight excluding hydrogens is 382 g/mol. The summed E-state index contributed by atoms with van der Waals surface area (Å²) < 4.78 is 10.7. The number of carbonyl (C=O) groups excluding carboxylic acids is 3. The van der Waals surface area contributed by atoms with E-state index in [4.69, 9.17) is 9.47 Å². The highest BCUT2D eigenvalue weighted by Crippen LogP contribution is 2.20. The topological polar surface area (TPSA) is 128 Å². The number of nitrogens with one attached hydrogen (secondary N) is 1. The Kier molecular flexibility index (Phi) is 7.93. The van der Waals surface area contributed by atoms with E-state index in [1.54, 1.807) is 0 Å². The van der Waals surface area contributed by atoms with E-state index in [0.29, 0.717) is 0 Å². The van der Waals surface area contributed by atoms with Crippen LogP contribution in [0.4, 0.5) is 5.69 Å². The highest BCUT2D eigenvalue weighted by Gasteiger charge is 2.37. The molecule has 1 aliphatic rings. The monoisotopic (exact) mass is 407 g/mol. The van der Waals surface area contributed by atoms with Gasteiger partial charge in [0, 0.05) is 25.2 Å². The molecule has 0 saturated carbocycles. The molecule has 0 unspecified atom stereocenters. The molecule has 1 aromatic carbocycles. The van der Waals surface area contributed by atoms with Crippen LogP contribution in [0.5, 0.6) is 5.75 Å². The lowest BCUT2D eigenvalue weighted by molar-refractivity contribution is -0.384. The van der Waals surface area contributed by atoms with Gasteiger partial charge in [-0.3, -0.25) is 24.5 Å². The van der Waals surface area contributed by atoms with Crippen molar-refractivity contribution in [3.8, 4) is 5.75 Å². The summed E-state index contributed by atoms with van der Waals surface area (Å²) in [4.78, 5) is 48.6. The molecule has 1 fully saturated rings. The first-order chi connectivity index (χ1) is 13.8. The lowest BCUT2D eigenvalue weighted by atomic mass is 10.1. The number of hydrogen-bond donors (Lipinski definition) is 1. The lowest BCUT2D eigenvalue weighted by Gasteiger charge is -2.36. The van der Waals surface area contributed by atoms with Crippen LogP contribution in [0.3, 0.4) is 0 Å². The van der Waals surface area contributed by atoms with Crippen LogP contribution in [0.2, 0.25) is 0 Å². The van der Waals surface area contributed by atoms with Gasteiger partial charge >= 0.3 is 5.97 Å². The number of ether oxygens (including phenoxy) is 2. The molecule has 2 atom stereocenters. The molecule has 1 aliphatic heterocycles. The zero-order chi connectivity index (χ0) is 21.4. The van der Waals surface area contributed by atoms with E-state index in [1.807, 2.05) is 6.92 Å². The molecule has 1 N–H and O–H groups in total. The minimum Gasteiger partial charge on any atom is -0.481 e. The van der Waals surface area contributed by atoms with Gasteiger partial charge in [0.1, 0.15) is 11.8 Å². The number of benzene rings is 1. The molecule has 1 aromatic rings. The highest BCUT2D eigenvalue weighted by atomic mass is 16.6. The zero-order valence-corrected chi connectivity index (χ0v) is 16.5. The number of amides is 2. The van der Waals surface area contributed by atoms with Crippen LogP contribution in [0.15, 0.2) is 24.3 Å². The molecule has 2 amide bonds. The molecule has 0 radical (unpaired) electrons. The van der Waals surface area contributed by atoms with Crippen molar-refractivity contribution < 1.29 is 28.8 Å². The average Bonchev–Trinajstić information content (AvgIpc) is 2.69. The smallest absolute Gasteiger partial charge is 0.308 e. The van der Waals surface area contributed by atoms with Crippen molar-refractivity contribution in [1.82, 2.24) is 10.2 Å². The zero-order valence-electron chi connectivity index (χ0n) is 16.5. The van der Waals surface area contributed by atoms with Gasteiger partial charge in [-0.05, 0) is 25.5 Å². The number of piperazine rings is 1. The maximum absolute atomic E-state index is 12.8. The molecule has 10 nitrogen and oxygen atoms in total. The fraction of sp³-hybridized carbons (Fsp3) is 0.526. The van der Waals surface area contributed by atoms with Crippen LogP contribution in [0, 0.1) is 10.1 Å². The van der Waals surface area contributed by atoms with Gasteiger partial charge < -0.3 is 19.7 Å². The van der Waals surface area contributed by atoms with Crippen LogP contribution in [-0.2, 0) is 19.1 Å². The summed E-state index contributed by atoms with van der Waals surface area (Å²) in [6, 6.07) is 4.38. The quantitative estimate of drug-likeness (QED) is 0.284. The molecule has 0 aliphatic carbocycles. The summed E-state index contributed by atoms with van der Waals surface area (Å²) in [7, 11) is 0. The first-order valence-corrected chi connectivity index (χ1v) is 9.48. The van der Waals surface area contributed by atoms with E-state index < -0.39 is 34.9 Å². The molecule has 2 rings (SSSR count). The number of carbonyl (C=O) groups is 3. The van der Waals surface area contributed by atoms with Gasteiger partial charge in [-0.2, -0.15) is 0 Å². The minimum absolute atomic E-state index is 0.0920. The van der Waals surface area contributed by atoms with Crippen molar-refractivity contribution in [2.45, 2.75) is 45.3 Å². The fourth-order valence-corrected chi connectivity index (χ4v) is 2.86. The van der Waals surface area contributed by atoms with Gasteiger partial charge in [0.05, 0.1) is 18.0 Å². The summed E-state index contributed by atoms with van der Waals surface area (Å²) in [6.45, 7) is 4.28. The molecule has 10 heteroatoms. The van der Waals surface area contributed by atoms with Crippen molar-refractivity contribution in [2.75, 3.05) is 19.7 Å². The Bertz CT molecular complexity index is 751. The number of hydrogen-bond acceptors (Lipinski definition) is 7. The summed E-state index contributed by atoms with van der Waals surface area (Å²) in [6.07, 6.45) is 0.428. The van der Waals surface area contributed by atoms with E-state index in [-0.39, 0.29) is 37.6 Å². The molecule has 1 heterocycles. The Balaban J connectivity index is 2.01. The van der Waals surface area contributed by atoms with Crippen molar-refractivity contribution in [2.24, 2.45) is 0 Å². The van der Waals surface area contributed by atoms with Gasteiger partial charge in [-0.15, -0.1) is 0 Å². The van der Waals surface area contributed by atoms with Gasteiger partial charge in [-0.1, -0.05) is 13.3 Å². The van der Waals surface area contributed by atoms with Gasteiger partial charge in [-0.25, -0.2) is 0 Å². The van der Waals surface area contributed by atoms with Crippen molar-refractivity contribution >= 4 is 23.5 Å². The van der Waals surface area contributed by atoms with E-state index in [2.05, 4.69) is 5.32 Å². The molecule has 1 saturated heterocycles. The molecule has 0 bridgehead atoms. The first-order valence-electron chi connectivity index (χ1n) is 9.48. The fourth-order valence-electron chi connectivity index (χ4n) is 2.86. The second-order valence-electron chi connectivity index (χ2n) is 6.63. The second kappa shape index (κ2) is 10.4. The number of rotatable bonds is 9. The highest BCUT2D eigenvalue weighted by molar-refractivity contribution is 5.93. The standard InChI is InChI=1S/C19H25N3O7/c1-3-4-11-28-17(23)12-16-18(24)20-9-10-21(16)19(25)13(2)29-15-7-5-14(6-8-15)22(26)27/h5-8,13,16H,3-4,9-12H2,1-2H3,(H,20,24)/t13-,16-/m1/s1. The molecule has 29 heavy (non-hydrogen) atoms. The van der Waals surface area contributed by atoms with E-state index in [0.717, 1.165) is 12.8 Å². The van der Waals surface area contributed by atoms with E-state index >= 15 is 0 Å². The second-order valence-corrected chi connectivity index (χ2v) is 6.63. The predicted molar refractivity (Wildman–Crippen MR) is 102 cm³/mol. The van der Waals surface area contributed by atoms with Gasteiger partial charge in [0.2, 0.25) is 5.91 Å². The number of nitrogens with zero attached hydrogens (tertiary/aromatic N) is 2. The SMILES string of the molecule is CCCCOC(=O)C[C@@H]1C(=O)NCCN1C(=O)[C@@H](C)Oc1ccc([N+](=O)[O-])cc1. The summed E-state index contributed by atoms with van der Waals surface area (Å²) >= 11 is 0. The largest absolute Gasteiger partial charge is 0.481 e. The Labute approximate surface area is 168 Å². The van der Waals surface area contributed by atoms with Crippen molar-refractivity contribution in [3.05, 3.63) is 34.4 Å². The normalized spacial score (nSPS) is 17.2. The third-order valence-electron chi connectivity index (χ3n) is 4.44. The van der Waals surface area contributed by atoms with Crippen LogP contribution in [0.25, 0.3) is 0 Å². The van der Waals surface area contributed by atoms with Crippen LogP contribution < -0.4 is 10.1 Å². The van der Waals surface area contributed by atoms with E-state index in [9.17, 15) is 24.5 Å². The number of unbranched alkanes of at least 4 members (excludes halogenated alkanes) is 1. The first kappa shape index (κ1) is 22.1. The third-order valence-corrected chi connectivity index (χ3v) is 4.44. The number of nitro benzene ring substituents is 1. The van der Waals surface area contributed by atoms with Crippen molar-refractivity contribution in [1.29, 1.82) is 0 Å². The number of non-ortho nitro benzene ring substituents is 1. The maximum atomic E-state index is 12.8. The maximum Gasteiger partial charge on any atom is 0.308 e. The molecule has 158 valence electrons. The van der Waals surface area contributed by atoms with Gasteiger partial charge in [0.25, 0.3) is 11.6 Å². The molecular formula is C19H25N3O7.